The molecular formula is C37H29N3O. The summed E-state index contributed by atoms with van der Waals surface area (Å²) in [5, 5.41) is 3.08. The largest absolute Gasteiger partial charge is 0.345 e. The third-order valence-electron chi connectivity index (χ3n) is 7.28. The van der Waals surface area contributed by atoms with Crippen LogP contribution in [0.4, 0.5) is 34.1 Å². The highest BCUT2D eigenvalue weighted by atomic mass is 16.3. The SMILES string of the molecule is CN(c1ccc(N(c2ccc(-c3ccccc3)cc2)c2ccc(-c3ccccc3)cc2)cc1)c1cccc(N=O)c1. The maximum Gasteiger partial charge on any atom is 0.110 e. The van der Waals surface area contributed by atoms with Gasteiger partial charge in [-0.05, 0) is 94.2 Å². The minimum atomic E-state index is 0.412. The average molecular weight is 532 g/mol. The van der Waals surface area contributed by atoms with Crippen LogP contribution < -0.4 is 9.80 Å². The van der Waals surface area contributed by atoms with Gasteiger partial charge >= 0.3 is 0 Å². The molecule has 4 heteroatoms. The van der Waals surface area contributed by atoms with Crippen LogP contribution in [-0.4, -0.2) is 7.05 Å². The van der Waals surface area contributed by atoms with Crippen LogP contribution in [-0.2, 0) is 0 Å². The molecule has 0 radical (unpaired) electrons. The van der Waals surface area contributed by atoms with Crippen molar-refractivity contribution in [3.8, 4) is 22.3 Å². The quantitative estimate of drug-likeness (QED) is 0.183. The molecule has 41 heavy (non-hydrogen) atoms. The molecule has 0 aliphatic rings. The Morgan fingerprint density at radius 3 is 1.29 bits per heavy atom. The predicted octanol–water partition coefficient (Wildman–Crippen LogP) is 10.7. The Morgan fingerprint density at radius 1 is 0.415 bits per heavy atom. The first-order chi connectivity index (χ1) is 20.2. The molecule has 0 atom stereocenters. The van der Waals surface area contributed by atoms with E-state index in [0.29, 0.717) is 5.69 Å². The van der Waals surface area contributed by atoms with Crippen molar-refractivity contribution in [3.05, 3.63) is 163 Å². The topological polar surface area (TPSA) is 35.9 Å². The van der Waals surface area contributed by atoms with Gasteiger partial charge in [-0.15, -0.1) is 4.91 Å². The van der Waals surface area contributed by atoms with Crippen LogP contribution >= 0.6 is 0 Å². The molecular weight excluding hydrogens is 502 g/mol. The van der Waals surface area contributed by atoms with E-state index < -0.39 is 0 Å². The predicted molar refractivity (Wildman–Crippen MR) is 172 cm³/mol. The summed E-state index contributed by atoms with van der Waals surface area (Å²) in [7, 11) is 1.99. The van der Waals surface area contributed by atoms with Crippen LogP contribution in [0.3, 0.4) is 0 Å². The minimum absolute atomic E-state index is 0.412. The van der Waals surface area contributed by atoms with Gasteiger partial charge in [-0.2, -0.15) is 0 Å². The summed E-state index contributed by atoms with van der Waals surface area (Å²) in [4.78, 5) is 15.4. The first-order valence-corrected chi connectivity index (χ1v) is 13.6. The molecule has 0 aliphatic carbocycles. The molecule has 0 spiro atoms. The van der Waals surface area contributed by atoms with Gasteiger partial charge in [0.05, 0.1) is 0 Å². The van der Waals surface area contributed by atoms with Crippen molar-refractivity contribution in [3.63, 3.8) is 0 Å². The zero-order valence-electron chi connectivity index (χ0n) is 22.8. The van der Waals surface area contributed by atoms with Gasteiger partial charge in [0.1, 0.15) is 5.69 Å². The van der Waals surface area contributed by atoms with Crippen molar-refractivity contribution in [2.24, 2.45) is 5.18 Å². The fraction of sp³-hybridized carbons (Fsp3) is 0.0270. The van der Waals surface area contributed by atoms with Crippen LogP contribution in [0.15, 0.2) is 163 Å². The van der Waals surface area contributed by atoms with E-state index in [9.17, 15) is 4.91 Å². The van der Waals surface area contributed by atoms with Gasteiger partial charge in [0, 0.05) is 35.5 Å². The summed E-state index contributed by atoms with van der Waals surface area (Å²) in [6, 6.07) is 54.0. The van der Waals surface area contributed by atoms with Crippen LogP contribution in [0.1, 0.15) is 0 Å². The molecule has 0 bridgehead atoms. The molecule has 6 rings (SSSR count). The molecule has 6 aromatic carbocycles. The smallest absolute Gasteiger partial charge is 0.110 e. The second-order valence-corrected chi connectivity index (χ2v) is 9.85. The molecule has 0 unspecified atom stereocenters. The molecule has 0 aliphatic heterocycles. The zero-order valence-corrected chi connectivity index (χ0v) is 22.8. The van der Waals surface area contributed by atoms with Gasteiger partial charge in [0.2, 0.25) is 0 Å². The first kappa shape index (κ1) is 25.8. The number of nitroso groups, excluding NO2 is 1. The van der Waals surface area contributed by atoms with Crippen LogP contribution in [0, 0.1) is 4.91 Å². The highest BCUT2D eigenvalue weighted by molar-refractivity contribution is 5.81. The Morgan fingerprint density at radius 2 is 0.829 bits per heavy atom. The highest BCUT2D eigenvalue weighted by Crippen LogP contribution is 2.38. The molecule has 0 N–H and O–H groups in total. The number of benzene rings is 6. The standard InChI is InChI=1S/C37H29N3O/c1-39(37-14-8-13-32(27-37)38-41)33-23-25-36(26-24-33)40(34-19-15-30(16-20-34)28-9-4-2-5-10-28)35-21-17-31(18-22-35)29-11-6-3-7-12-29/h2-27H,1H3. The minimum Gasteiger partial charge on any atom is -0.345 e. The fourth-order valence-electron chi connectivity index (χ4n) is 5.05. The molecule has 0 aromatic heterocycles. The van der Waals surface area contributed by atoms with Crippen LogP contribution in [0.25, 0.3) is 22.3 Å². The lowest BCUT2D eigenvalue weighted by Crippen LogP contribution is -2.12. The van der Waals surface area contributed by atoms with Crippen LogP contribution in [0.5, 0.6) is 0 Å². The van der Waals surface area contributed by atoms with Crippen molar-refractivity contribution in [1.82, 2.24) is 0 Å². The summed E-state index contributed by atoms with van der Waals surface area (Å²) in [5.74, 6) is 0. The molecule has 0 fully saturated rings. The van der Waals surface area contributed by atoms with E-state index >= 15 is 0 Å². The lowest BCUT2D eigenvalue weighted by molar-refractivity contribution is 1.20. The Balaban J connectivity index is 1.36. The maximum atomic E-state index is 11.0. The molecule has 0 heterocycles. The molecule has 0 saturated carbocycles. The fourth-order valence-corrected chi connectivity index (χ4v) is 5.05. The van der Waals surface area contributed by atoms with E-state index in [2.05, 4.69) is 131 Å². The number of hydrogen-bond acceptors (Lipinski definition) is 4. The lowest BCUT2D eigenvalue weighted by Gasteiger charge is -2.27. The van der Waals surface area contributed by atoms with Gasteiger partial charge in [-0.3, -0.25) is 0 Å². The summed E-state index contributed by atoms with van der Waals surface area (Å²) >= 11 is 0. The molecule has 6 aromatic rings. The normalized spacial score (nSPS) is 10.7. The van der Waals surface area contributed by atoms with Gasteiger partial charge < -0.3 is 9.80 Å². The monoisotopic (exact) mass is 531 g/mol. The van der Waals surface area contributed by atoms with Gasteiger partial charge in [-0.1, -0.05) is 91.0 Å². The van der Waals surface area contributed by atoms with E-state index in [4.69, 9.17) is 0 Å². The Kier molecular flexibility index (Phi) is 7.37. The van der Waals surface area contributed by atoms with Gasteiger partial charge in [0.25, 0.3) is 0 Å². The molecule has 0 saturated heterocycles. The van der Waals surface area contributed by atoms with Crippen molar-refractivity contribution < 1.29 is 0 Å². The van der Waals surface area contributed by atoms with Gasteiger partial charge in [-0.25, -0.2) is 0 Å². The summed E-state index contributed by atoms with van der Waals surface area (Å²) < 4.78 is 0. The van der Waals surface area contributed by atoms with E-state index in [1.807, 2.05) is 36.2 Å². The molecule has 4 nitrogen and oxygen atoms in total. The lowest BCUT2D eigenvalue weighted by atomic mass is 10.0. The van der Waals surface area contributed by atoms with E-state index in [1.165, 1.54) is 22.3 Å². The third-order valence-corrected chi connectivity index (χ3v) is 7.28. The second kappa shape index (κ2) is 11.7. The van der Waals surface area contributed by atoms with Crippen LogP contribution in [0.2, 0.25) is 0 Å². The molecule has 198 valence electrons. The number of anilines is 5. The summed E-state index contributed by atoms with van der Waals surface area (Å²) in [6.45, 7) is 0. The Labute approximate surface area is 240 Å². The second-order valence-electron chi connectivity index (χ2n) is 9.85. The highest BCUT2D eigenvalue weighted by Gasteiger charge is 2.14. The third kappa shape index (κ3) is 5.63. The first-order valence-electron chi connectivity index (χ1n) is 13.6. The molecule has 0 amide bonds. The summed E-state index contributed by atoms with van der Waals surface area (Å²) in [6.07, 6.45) is 0. The maximum absolute atomic E-state index is 11.0. The van der Waals surface area contributed by atoms with E-state index in [-0.39, 0.29) is 0 Å². The van der Waals surface area contributed by atoms with Crippen molar-refractivity contribution in [2.45, 2.75) is 0 Å². The van der Waals surface area contributed by atoms with Crippen molar-refractivity contribution in [1.29, 1.82) is 0 Å². The van der Waals surface area contributed by atoms with Gasteiger partial charge in [0.15, 0.2) is 0 Å². The zero-order chi connectivity index (χ0) is 28.0. The van der Waals surface area contributed by atoms with Crippen molar-refractivity contribution >= 4 is 34.1 Å². The Hall–Kier alpha value is -5.48. The average Bonchev–Trinajstić information content (AvgIpc) is 3.06. The number of rotatable bonds is 8. The van der Waals surface area contributed by atoms with E-state index in [1.54, 1.807) is 12.1 Å². The Bertz CT molecular complexity index is 1650. The number of nitrogens with zero attached hydrogens (tertiary/aromatic N) is 3. The number of hydrogen-bond donors (Lipinski definition) is 0. The van der Waals surface area contributed by atoms with Crippen molar-refractivity contribution in [2.75, 3.05) is 16.8 Å². The van der Waals surface area contributed by atoms with E-state index in [0.717, 1.165) is 28.4 Å². The summed E-state index contributed by atoms with van der Waals surface area (Å²) in [5.41, 5.74) is 10.3.